The lowest BCUT2D eigenvalue weighted by molar-refractivity contribution is -0.137. The molecule has 11 heteroatoms. The van der Waals surface area contributed by atoms with Crippen molar-refractivity contribution in [3.8, 4) is 5.69 Å². The zero-order chi connectivity index (χ0) is 29.4. The summed E-state index contributed by atoms with van der Waals surface area (Å²) in [5.41, 5.74) is 8.82. The van der Waals surface area contributed by atoms with E-state index in [1.54, 1.807) is 18.3 Å². The van der Waals surface area contributed by atoms with Crippen LogP contribution in [0.3, 0.4) is 0 Å². The van der Waals surface area contributed by atoms with Gasteiger partial charge in [-0.2, -0.15) is 18.3 Å². The number of amides is 1. The predicted octanol–water partition coefficient (Wildman–Crippen LogP) is 5.31. The molecule has 4 heterocycles. The van der Waals surface area contributed by atoms with Crippen LogP contribution in [0.15, 0.2) is 60.8 Å². The molecule has 8 nitrogen and oxygen atoms in total. The highest BCUT2D eigenvalue weighted by Crippen LogP contribution is 2.42. The minimum Gasteiger partial charge on any atom is -0.382 e. The van der Waals surface area contributed by atoms with Gasteiger partial charge in [0.05, 0.1) is 16.9 Å². The second kappa shape index (κ2) is 11.4. The molecule has 2 unspecified atom stereocenters. The second-order valence-electron chi connectivity index (χ2n) is 11.4. The number of aromatic nitrogens is 3. The van der Waals surface area contributed by atoms with E-state index in [9.17, 15) is 18.0 Å². The fourth-order valence-corrected chi connectivity index (χ4v) is 6.45. The summed E-state index contributed by atoms with van der Waals surface area (Å²) in [6.45, 7) is 4.14. The van der Waals surface area contributed by atoms with Crippen molar-refractivity contribution >= 4 is 28.3 Å². The van der Waals surface area contributed by atoms with Gasteiger partial charge in [-0.1, -0.05) is 0 Å². The molecule has 2 saturated heterocycles. The summed E-state index contributed by atoms with van der Waals surface area (Å²) in [6.07, 6.45) is 0.642. The van der Waals surface area contributed by atoms with Gasteiger partial charge < -0.3 is 21.3 Å². The SMILES string of the molecule is CN1CCC(C2CNCCC2c2nn(-c3ccc(NC(=O)c4ccc(C(F)(F)F)cc4)cc3)c3c(N)nccc23)CC1. The van der Waals surface area contributed by atoms with Crippen LogP contribution in [0.25, 0.3) is 16.6 Å². The monoisotopic (exact) mass is 577 g/mol. The van der Waals surface area contributed by atoms with Crippen LogP contribution in [0.4, 0.5) is 24.7 Å². The second-order valence-corrected chi connectivity index (χ2v) is 11.4. The van der Waals surface area contributed by atoms with Crippen molar-refractivity contribution in [1.29, 1.82) is 0 Å². The van der Waals surface area contributed by atoms with Gasteiger partial charge in [-0.15, -0.1) is 0 Å². The van der Waals surface area contributed by atoms with E-state index in [0.717, 1.165) is 67.0 Å². The minimum atomic E-state index is -4.46. The average Bonchev–Trinajstić information content (AvgIpc) is 3.38. The summed E-state index contributed by atoms with van der Waals surface area (Å²) in [6, 6.07) is 13.3. The van der Waals surface area contributed by atoms with Crippen molar-refractivity contribution in [3.05, 3.63) is 77.6 Å². The molecule has 0 aliphatic carbocycles. The van der Waals surface area contributed by atoms with Crippen molar-refractivity contribution in [3.63, 3.8) is 0 Å². The molecule has 0 spiro atoms. The molecule has 0 saturated carbocycles. The quantitative estimate of drug-likeness (QED) is 0.297. The Morgan fingerprint density at radius 1 is 1.02 bits per heavy atom. The summed E-state index contributed by atoms with van der Waals surface area (Å²) < 4.78 is 40.4. The standard InChI is InChI=1S/C31H34F3N7O/c1-40-16-12-19(13-17-40)26-18-36-14-10-24(26)27-25-11-15-37-29(35)28(25)41(39-27)23-8-6-22(7-9-23)38-30(42)20-2-4-21(5-3-20)31(32,33)34/h2-9,11,15,19,24,26,36H,10,12-14,16-18H2,1H3,(H2,35,37)(H,38,42). The molecule has 2 aromatic heterocycles. The topological polar surface area (TPSA) is 101 Å². The van der Waals surface area contributed by atoms with Crippen LogP contribution in [0.1, 0.15) is 46.8 Å². The lowest BCUT2D eigenvalue weighted by Gasteiger charge is -2.40. The van der Waals surface area contributed by atoms with Crippen molar-refractivity contribution < 1.29 is 18.0 Å². The number of rotatable bonds is 5. The zero-order valence-electron chi connectivity index (χ0n) is 23.4. The van der Waals surface area contributed by atoms with E-state index in [-0.39, 0.29) is 5.56 Å². The average molecular weight is 578 g/mol. The Morgan fingerprint density at radius 3 is 2.43 bits per heavy atom. The first-order chi connectivity index (χ1) is 20.2. The van der Waals surface area contributed by atoms with Gasteiger partial charge in [0.2, 0.25) is 0 Å². The van der Waals surface area contributed by atoms with E-state index in [1.807, 2.05) is 22.9 Å². The molecule has 6 rings (SSSR count). The third kappa shape index (κ3) is 5.58. The number of pyridine rings is 1. The molecule has 4 N–H and O–H groups in total. The van der Waals surface area contributed by atoms with Crippen LogP contribution in [-0.4, -0.2) is 58.8 Å². The number of halogens is 3. The highest BCUT2D eigenvalue weighted by atomic mass is 19.4. The number of piperidine rings is 2. The molecule has 0 radical (unpaired) electrons. The zero-order valence-corrected chi connectivity index (χ0v) is 23.4. The van der Waals surface area contributed by atoms with Crippen LogP contribution in [-0.2, 0) is 6.18 Å². The van der Waals surface area contributed by atoms with Gasteiger partial charge in [-0.05, 0) is 119 Å². The highest BCUT2D eigenvalue weighted by Gasteiger charge is 2.37. The molecular weight excluding hydrogens is 543 g/mol. The molecule has 220 valence electrons. The molecule has 2 aliphatic rings. The third-order valence-electron chi connectivity index (χ3n) is 8.74. The number of nitrogens with one attached hydrogen (secondary N) is 2. The molecule has 42 heavy (non-hydrogen) atoms. The van der Waals surface area contributed by atoms with Crippen LogP contribution < -0.4 is 16.4 Å². The van der Waals surface area contributed by atoms with E-state index in [4.69, 9.17) is 10.8 Å². The Labute approximate surface area is 242 Å². The van der Waals surface area contributed by atoms with Crippen molar-refractivity contribution in [2.45, 2.75) is 31.4 Å². The summed E-state index contributed by atoms with van der Waals surface area (Å²) in [5.74, 6) is 1.31. The van der Waals surface area contributed by atoms with Crippen molar-refractivity contribution in [2.75, 3.05) is 44.3 Å². The third-order valence-corrected chi connectivity index (χ3v) is 8.74. The molecule has 0 bridgehead atoms. The Hall–Kier alpha value is -3.96. The number of likely N-dealkylation sites (tertiary alicyclic amines) is 1. The molecule has 2 fully saturated rings. The van der Waals surface area contributed by atoms with Crippen LogP contribution in [0, 0.1) is 11.8 Å². The van der Waals surface area contributed by atoms with Crippen LogP contribution in [0.2, 0.25) is 0 Å². The maximum absolute atomic E-state index is 12.9. The van der Waals surface area contributed by atoms with Gasteiger partial charge in [0.15, 0.2) is 0 Å². The van der Waals surface area contributed by atoms with Gasteiger partial charge in [0, 0.05) is 28.8 Å². The number of anilines is 2. The largest absolute Gasteiger partial charge is 0.416 e. The maximum Gasteiger partial charge on any atom is 0.416 e. The first-order valence-electron chi connectivity index (χ1n) is 14.3. The summed E-state index contributed by atoms with van der Waals surface area (Å²) >= 11 is 0. The van der Waals surface area contributed by atoms with E-state index in [1.165, 1.54) is 25.0 Å². The Bertz CT molecular complexity index is 1560. The molecule has 1 amide bonds. The molecule has 4 aromatic rings. The fraction of sp³-hybridized carbons (Fsp3) is 0.387. The van der Waals surface area contributed by atoms with Crippen molar-refractivity contribution in [2.24, 2.45) is 11.8 Å². The van der Waals surface area contributed by atoms with Crippen molar-refractivity contribution in [1.82, 2.24) is 25.0 Å². The predicted molar refractivity (Wildman–Crippen MR) is 157 cm³/mol. The van der Waals surface area contributed by atoms with Gasteiger partial charge >= 0.3 is 6.18 Å². The number of fused-ring (bicyclic) bond motifs is 1. The number of benzene rings is 2. The lowest BCUT2D eigenvalue weighted by Crippen LogP contribution is -2.43. The van der Waals surface area contributed by atoms with E-state index in [0.29, 0.717) is 29.3 Å². The first-order valence-corrected chi connectivity index (χ1v) is 14.3. The lowest BCUT2D eigenvalue weighted by atomic mass is 9.72. The number of carbonyl (C=O) groups excluding carboxylic acids is 1. The van der Waals surface area contributed by atoms with E-state index in [2.05, 4.69) is 27.6 Å². The highest BCUT2D eigenvalue weighted by molar-refractivity contribution is 6.04. The van der Waals surface area contributed by atoms with E-state index >= 15 is 0 Å². The summed E-state index contributed by atoms with van der Waals surface area (Å²) in [4.78, 5) is 19.4. The number of alkyl halides is 3. The molecule has 2 aromatic carbocycles. The summed E-state index contributed by atoms with van der Waals surface area (Å²) in [7, 11) is 2.18. The van der Waals surface area contributed by atoms with Gasteiger partial charge in [0.1, 0.15) is 11.3 Å². The van der Waals surface area contributed by atoms with E-state index < -0.39 is 17.6 Å². The molecule has 2 aliphatic heterocycles. The number of hydrogen-bond acceptors (Lipinski definition) is 6. The number of carbonyl (C=O) groups is 1. The number of nitrogen functional groups attached to an aromatic ring is 1. The van der Waals surface area contributed by atoms with Gasteiger partial charge in [-0.3, -0.25) is 4.79 Å². The fourth-order valence-electron chi connectivity index (χ4n) is 6.45. The Balaban J connectivity index is 1.27. The number of nitrogens with zero attached hydrogens (tertiary/aromatic N) is 4. The normalized spacial score (nSPS) is 20.6. The maximum atomic E-state index is 12.9. The minimum absolute atomic E-state index is 0.134. The Morgan fingerprint density at radius 2 is 1.74 bits per heavy atom. The number of hydrogen-bond donors (Lipinski definition) is 3. The first kappa shape index (κ1) is 28.2. The van der Waals surface area contributed by atoms with Crippen LogP contribution >= 0.6 is 0 Å². The molecule has 2 atom stereocenters. The summed E-state index contributed by atoms with van der Waals surface area (Å²) in [5, 5.41) is 12.5. The smallest absolute Gasteiger partial charge is 0.382 e. The van der Waals surface area contributed by atoms with Gasteiger partial charge in [0.25, 0.3) is 5.91 Å². The van der Waals surface area contributed by atoms with Gasteiger partial charge in [-0.25, -0.2) is 9.67 Å². The van der Waals surface area contributed by atoms with Crippen LogP contribution in [0.5, 0.6) is 0 Å². The Kier molecular flexibility index (Phi) is 7.63. The number of nitrogens with two attached hydrogens (primary N) is 1. The molecular formula is C31H34F3N7O.